The van der Waals surface area contributed by atoms with Crippen LogP contribution >= 0.6 is 0 Å². The standard InChI is InChI=1S/C12H18N2O3/c13-12(16)9-17-7-6-14-8-11(15)10-4-2-1-3-5-10/h1-5,11,14-15H,6-9H2,(H2,13,16). The Labute approximate surface area is 101 Å². The Morgan fingerprint density at radius 2 is 2.12 bits per heavy atom. The second-order valence-corrected chi connectivity index (χ2v) is 3.65. The van der Waals surface area contributed by atoms with E-state index in [4.69, 9.17) is 10.5 Å². The van der Waals surface area contributed by atoms with Gasteiger partial charge in [0, 0.05) is 13.1 Å². The van der Waals surface area contributed by atoms with Crippen molar-refractivity contribution >= 4 is 5.91 Å². The lowest BCUT2D eigenvalue weighted by Crippen LogP contribution is -2.27. The van der Waals surface area contributed by atoms with E-state index in [9.17, 15) is 9.90 Å². The molecule has 94 valence electrons. The topological polar surface area (TPSA) is 84.6 Å². The van der Waals surface area contributed by atoms with Crippen LogP contribution in [0, 0.1) is 0 Å². The second-order valence-electron chi connectivity index (χ2n) is 3.65. The van der Waals surface area contributed by atoms with Gasteiger partial charge in [0.05, 0.1) is 12.7 Å². The van der Waals surface area contributed by atoms with Crippen molar-refractivity contribution in [1.29, 1.82) is 0 Å². The van der Waals surface area contributed by atoms with Gasteiger partial charge < -0.3 is 20.9 Å². The molecule has 1 amide bonds. The van der Waals surface area contributed by atoms with Crippen LogP contribution in [0.5, 0.6) is 0 Å². The summed E-state index contributed by atoms with van der Waals surface area (Å²) >= 11 is 0. The molecule has 1 aromatic carbocycles. The van der Waals surface area contributed by atoms with Crippen LogP contribution < -0.4 is 11.1 Å². The molecule has 4 N–H and O–H groups in total. The van der Waals surface area contributed by atoms with E-state index in [1.54, 1.807) is 0 Å². The number of hydrogen-bond donors (Lipinski definition) is 3. The molecule has 1 atom stereocenters. The normalized spacial score (nSPS) is 12.3. The average molecular weight is 238 g/mol. The molecule has 5 heteroatoms. The van der Waals surface area contributed by atoms with Gasteiger partial charge in [0.2, 0.25) is 5.91 Å². The summed E-state index contributed by atoms with van der Waals surface area (Å²) < 4.78 is 4.96. The smallest absolute Gasteiger partial charge is 0.243 e. The number of aliphatic hydroxyl groups excluding tert-OH is 1. The predicted molar refractivity (Wildman–Crippen MR) is 64.3 cm³/mol. The second kappa shape index (κ2) is 7.78. The summed E-state index contributed by atoms with van der Waals surface area (Å²) in [6.07, 6.45) is -0.535. The van der Waals surface area contributed by atoms with Gasteiger partial charge in [-0.25, -0.2) is 0 Å². The number of amides is 1. The molecule has 1 unspecified atom stereocenters. The van der Waals surface area contributed by atoms with Crippen LogP contribution in [0.15, 0.2) is 30.3 Å². The highest BCUT2D eigenvalue weighted by molar-refractivity contribution is 5.74. The van der Waals surface area contributed by atoms with Gasteiger partial charge in [-0.15, -0.1) is 0 Å². The Morgan fingerprint density at radius 3 is 2.76 bits per heavy atom. The minimum Gasteiger partial charge on any atom is -0.387 e. The van der Waals surface area contributed by atoms with Crippen LogP contribution in [0.4, 0.5) is 0 Å². The number of carbonyl (C=O) groups excluding carboxylic acids is 1. The van der Waals surface area contributed by atoms with Crippen molar-refractivity contribution < 1.29 is 14.6 Å². The van der Waals surface area contributed by atoms with E-state index in [-0.39, 0.29) is 6.61 Å². The molecule has 1 rings (SSSR count). The Hall–Kier alpha value is -1.43. The zero-order valence-corrected chi connectivity index (χ0v) is 9.63. The summed E-state index contributed by atoms with van der Waals surface area (Å²) in [6, 6.07) is 9.41. The molecule has 1 aromatic rings. The number of carbonyl (C=O) groups is 1. The fraction of sp³-hybridized carbons (Fsp3) is 0.417. The molecule has 0 aliphatic heterocycles. The number of ether oxygens (including phenoxy) is 1. The summed E-state index contributed by atoms with van der Waals surface area (Å²) in [6.45, 7) is 1.34. The van der Waals surface area contributed by atoms with E-state index in [1.165, 1.54) is 0 Å². The van der Waals surface area contributed by atoms with Gasteiger partial charge in [0.1, 0.15) is 6.61 Å². The third kappa shape index (κ3) is 6.01. The Morgan fingerprint density at radius 1 is 1.41 bits per heavy atom. The van der Waals surface area contributed by atoms with Crippen molar-refractivity contribution in [3.8, 4) is 0 Å². The lowest BCUT2D eigenvalue weighted by atomic mass is 10.1. The molecule has 0 saturated heterocycles. The van der Waals surface area contributed by atoms with Gasteiger partial charge in [-0.1, -0.05) is 30.3 Å². The van der Waals surface area contributed by atoms with Crippen LogP contribution in [0.3, 0.4) is 0 Å². The third-order valence-electron chi connectivity index (χ3n) is 2.19. The van der Waals surface area contributed by atoms with Crippen molar-refractivity contribution in [2.24, 2.45) is 5.73 Å². The number of hydrogen-bond acceptors (Lipinski definition) is 4. The van der Waals surface area contributed by atoms with Gasteiger partial charge in [-0.3, -0.25) is 4.79 Å². The highest BCUT2D eigenvalue weighted by Crippen LogP contribution is 2.09. The van der Waals surface area contributed by atoms with E-state index in [0.29, 0.717) is 19.7 Å². The number of benzene rings is 1. The molecule has 5 nitrogen and oxygen atoms in total. The molecular weight excluding hydrogens is 220 g/mol. The first-order valence-electron chi connectivity index (χ1n) is 5.50. The number of nitrogens with one attached hydrogen (secondary N) is 1. The maximum atomic E-state index is 10.4. The molecular formula is C12H18N2O3. The molecule has 0 heterocycles. The Balaban J connectivity index is 2.09. The molecule has 0 radical (unpaired) electrons. The maximum absolute atomic E-state index is 10.4. The van der Waals surface area contributed by atoms with Gasteiger partial charge in [-0.05, 0) is 5.56 Å². The van der Waals surface area contributed by atoms with Crippen molar-refractivity contribution in [2.75, 3.05) is 26.3 Å². The molecule has 0 aliphatic carbocycles. The summed E-state index contributed by atoms with van der Waals surface area (Å²) in [5.41, 5.74) is 5.78. The quantitative estimate of drug-likeness (QED) is 0.548. The van der Waals surface area contributed by atoms with Gasteiger partial charge in [0.25, 0.3) is 0 Å². The third-order valence-corrected chi connectivity index (χ3v) is 2.19. The average Bonchev–Trinajstić information content (AvgIpc) is 2.34. The van der Waals surface area contributed by atoms with Crippen molar-refractivity contribution in [3.63, 3.8) is 0 Å². The molecule has 0 spiro atoms. The van der Waals surface area contributed by atoms with Crippen molar-refractivity contribution in [3.05, 3.63) is 35.9 Å². The molecule has 0 saturated carbocycles. The summed E-state index contributed by atoms with van der Waals surface area (Å²) in [5.74, 6) is -0.477. The fourth-order valence-corrected chi connectivity index (χ4v) is 1.35. The highest BCUT2D eigenvalue weighted by atomic mass is 16.5. The first kappa shape index (κ1) is 13.6. The Bertz CT molecular complexity index is 330. The molecule has 0 aromatic heterocycles. The van der Waals surface area contributed by atoms with Crippen LogP contribution in [0.2, 0.25) is 0 Å². The van der Waals surface area contributed by atoms with E-state index in [0.717, 1.165) is 5.56 Å². The molecule has 17 heavy (non-hydrogen) atoms. The van der Waals surface area contributed by atoms with Crippen LogP contribution in [-0.2, 0) is 9.53 Å². The molecule has 0 fully saturated rings. The first-order chi connectivity index (χ1) is 8.20. The van der Waals surface area contributed by atoms with E-state index < -0.39 is 12.0 Å². The fourth-order valence-electron chi connectivity index (χ4n) is 1.35. The minimum absolute atomic E-state index is 0.0665. The number of nitrogens with two attached hydrogens (primary N) is 1. The van der Waals surface area contributed by atoms with Crippen molar-refractivity contribution in [1.82, 2.24) is 5.32 Å². The maximum Gasteiger partial charge on any atom is 0.243 e. The molecule has 0 bridgehead atoms. The van der Waals surface area contributed by atoms with Crippen LogP contribution in [-0.4, -0.2) is 37.3 Å². The van der Waals surface area contributed by atoms with Gasteiger partial charge >= 0.3 is 0 Å². The SMILES string of the molecule is NC(=O)COCCNCC(O)c1ccccc1. The summed E-state index contributed by atoms with van der Waals surface area (Å²) in [5, 5.41) is 12.8. The minimum atomic E-state index is -0.535. The first-order valence-corrected chi connectivity index (χ1v) is 5.50. The zero-order valence-electron chi connectivity index (χ0n) is 9.63. The lowest BCUT2D eigenvalue weighted by molar-refractivity contribution is -0.122. The van der Waals surface area contributed by atoms with Gasteiger partial charge in [0.15, 0.2) is 0 Å². The van der Waals surface area contributed by atoms with Gasteiger partial charge in [-0.2, -0.15) is 0 Å². The van der Waals surface area contributed by atoms with Crippen LogP contribution in [0.25, 0.3) is 0 Å². The van der Waals surface area contributed by atoms with E-state index >= 15 is 0 Å². The van der Waals surface area contributed by atoms with E-state index in [1.807, 2.05) is 30.3 Å². The molecule has 0 aliphatic rings. The lowest BCUT2D eigenvalue weighted by Gasteiger charge is -2.11. The van der Waals surface area contributed by atoms with Crippen LogP contribution in [0.1, 0.15) is 11.7 Å². The monoisotopic (exact) mass is 238 g/mol. The summed E-state index contributed by atoms with van der Waals surface area (Å²) in [7, 11) is 0. The van der Waals surface area contributed by atoms with Crippen molar-refractivity contribution in [2.45, 2.75) is 6.10 Å². The zero-order chi connectivity index (χ0) is 12.5. The van der Waals surface area contributed by atoms with E-state index in [2.05, 4.69) is 5.32 Å². The summed E-state index contributed by atoms with van der Waals surface area (Å²) in [4.78, 5) is 10.4. The predicted octanol–water partition coefficient (Wildman–Crippen LogP) is -0.188. The number of rotatable bonds is 8. The highest BCUT2D eigenvalue weighted by Gasteiger charge is 2.05. The largest absolute Gasteiger partial charge is 0.387 e. The number of aliphatic hydroxyl groups is 1. The number of primary amides is 1. The Kier molecular flexibility index (Phi) is 6.24.